The monoisotopic (exact) mass is 671 g/mol. The zero-order chi connectivity index (χ0) is 34.7. The Morgan fingerprint density at radius 2 is 1.47 bits per heavy atom. The molecule has 2 amide bonds. The molecule has 4 rings (SSSR count). The van der Waals surface area contributed by atoms with Gasteiger partial charge >= 0.3 is 18.9 Å². The van der Waals surface area contributed by atoms with Crippen LogP contribution in [0.4, 0.5) is 0 Å². The molecular weight excluding hydrogens is 625 g/mol. The molecule has 0 radical (unpaired) electrons. The Morgan fingerprint density at radius 3 is 2.12 bits per heavy atom. The minimum Gasteiger partial charge on any atom is -0.548 e. The maximum Gasteiger partial charge on any atom is 1.00 e. The van der Waals surface area contributed by atoms with Crippen LogP contribution >= 0.6 is 11.8 Å². The fraction of sp³-hybridized carbons (Fsp3) is 0.325. The van der Waals surface area contributed by atoms with Gasteiger partial charge in [0.15, 0.2) is 0 Å². The molecule has 0 saturated heterocycles. The second kappa shape index (κ2) is 18.8. The number of carboxylic acids is 1. The van der Waals surface area contributed by atoms with E-state index in [2.05, 4.69) is 65.8 Å². The Bertz CT molecular complexity index is 1700. The number of nitrogens with zero attached hydrogens (tertiary/aromatic N) is 1. The van der Waals surface area contributed by atoms with Crippen molar-refractivity contribution in [3.05, 3.63) is 130 Å². The van der Waals surface area contributed by atoms with E-state index in [1.165, 1.54) is 11.8 Å². The summed E-state index contributed by atoms with van der Waals surface area (Å²) in [6.45, 7) is 9.97. The van der Waals surface area contributed by atoms with Crippen molar-refractivity contribution < 1.29 is 38.4 Å². The molecule has 0 heterocycles. The summed E-state index contributed by atoms with van der Waals surface area (Å²) in [6, 6.07) is 30.8. The summed E-state index contributed by atoms with van der Waals surface area (Å²) in [6.07, 6.45) is 2.16. The fourth-order valence-electron chi connectivity index (χ4n) is 5.65. The number of nitrogens with one attached hydrogen (secondary N) is 2. The van der Waals surface area contributed by atoms with E-state index in [0.29, 0.717) is 36.5 Å². The van der Waals surface area contributed by atoms with Gasteiger partial charge in [0.2, 0.25) is 5.91 Å². The van der Waals surface area contributed by atoms with Crippen molar-refractivity contribution in [1.29, 1.82) is 0 Å². The van der Waals surface area contributed by atoms with E-state index >= 15 is 0 Å². The van der Waals surface area contributed by atoms with Crippen molar-refractivity contribution in [1.82, 2.24) is 15.5 Å². The van der Waals surface area contributed by atoms with E-state index in [1.54, 1.807) is 6.07 Å². The first kappa shape index (κ1) is 39.6. The molecule has 4 aromatic carbocycles. The molecule has 2 N–H and O–H groups in total. The molecule has 0 aliphatic heterocycles. The van der Waals surface area contributed by atoms with E-state index in [1.807, 2.05) is 74.7 Å². The molecule has 252 valence electrons. The van der Waals surface area contributed by atoms with Gasteiger partial charge in [-0.15, -0.1) is 0 Å². The van der Waals surface area contributed by atoms with Crippen LogP contribution in [0.1, 0.15) is 58.4 Å². The molecule has 9 heteroatoms. The van der Waals surface area contributed by atoms with Crippen LogP contribution in [0.2, 0.25) is 0 Å². The van der Waals surface area contributed by atoms with Gasteiger partial charge in [-0.05, 0) is 77.8 Å². The number of thioether (sulfide) groups is 1. The number of hydrogen-bond acceptors (Lipinski definition) is 6. The molecule has 0 bridgehead atoms. The normalized spacial score (nSPS) is 11.8. The van der Waals surface area contributed by atoms with E-state index in [4.69, 9.17) is 0 Å². The Labute approximate surface area is 307 Å². The number of aliphatic carboxylic acids is 1. The van der Waals surface area contributed by atoms with Crippen LogP contribution < -0.4 is 34.6 Å². The Morgan fingerprint density at radius 1 is 0.837 bits per heavy atom. The van der Waals surface area contributed by atoms with Crippen molar-refractivity contribution in [2.24, 2.45) is 0 Å². The number of carbonyl (C=O) groups is 3. The maximum absolute atomic E-state index is 13.6. The Balaban J connectivity index is 0.00000650. The average Bonchev–Trinajstić information content (AvgIpc) is 3.07. The zero-order valence-corrected chi connectivity index (χ0v) is 30.4. The maximum atomic E-state index is 13.6. The third-order valence-electron chi connectivity index (χ3n) is 8.55. The van der Waals surface area contributed by atoms with Crippen molar-refractivity contribution in [3.8, 4) is 11.1 Å². The summed E-state index contributed by atoms with van der Waals surface area (Å²) in [5.74, 6) is -1.26. The predicted octanol–water partition coefficient (Wildman–Crippen LogP) is 2.67. The van der Waals surface area contributed by atoms with Crippen molar-refractivity contribution in [2.75, 3.05) is 25.1 Å². The summed E-state index contributed by atoms with van der Waals surface area (Å²) >= 11 is 1.51. The first-order chi connectivity index (χ1) is 23.0. The van der Waals surface area contributed by atoms with E-state index < -0.39 is 17.9 Å². The molecule has 0 fully saturated rings. The van der Waals surface area contributed by atoms with Gasteiger partial charge in [-0.2, -0.15) is 11.8 Å². The van der Waals surface area contributed by atoms with Crippen LogP contribution in [0.5, 0.6) is 0 Å². The number of aryl methyl sites for hydroxylation is 2. The SMILES string of the molecule is CSCCC(NC(=O)c1ccc(CN(CC(=O)NCC(C)(C)c2ccccc2)Cc2ccc(C)cc2)cc1-c1ccccc1C)C(=O)[O-].[Li+]. The number of rotatable bonds is 16. The molecule has 1 unspecified atom stereocenters. The number of hydrogen-bond donors (Lipinski definition) is 2. The fourth-order valence-corrected chi connectivity index (χ4v) is 6.13. The number of amides is 2. The Hall–Kier alpha value is -3.80. The molecule has 7 nitrogen and oxygen atoms in total. The molecular formula is C40H46LiN3O4S. The minimum absolute atomic E-state index is 0. The molecule has 0 aliphatic carbocycles. The summed E-state index contributed by atoms with van der Waals surface area (Å²) in [5, 5.41) is 17.6. The van der Waals surface area contributed by atoms with Crippen LogP contribution in [0.25, 0.3) is 11.1 Å². The van der Waals surface area contributed by atoms with E-state index in [9.17, 15) is 19.5 Å². The van der Waals surface area contributed by atoms with Gasteiger partial charge in [0, 0.05) is 30.6 Å². The van der Waals surface area contributed by atoms with Gasteiger partial charge < -0.3 is 20.5 Å². The Kier molecular flexibility index (Phi) is 15.2. The van der Waals surface area contributed by atoms with E-state index in [-0.39, 0.29) is 43.1 Å². The molecule has 1 atom stereocenters. The largest absolute Gasteiger partial charge is 1.00 e. The molecule has 0 saturated carbocycles. The smallest absolute Gasteiger partial charge is 0.548 e. The second-order valence-electron chi connectivity index (χ2n) is 13.0. The van der Waals surface area contributed by atoms with Crippen LogP contribution in [0.15, 0.2) is 97.1 Å². The van der Waals surface area contributed by atoms with Gasteiger partial charge in [0.25, 0.3) is 5.91 Å². The predicted molar refractivity (Wildman–Crippen MR) is 194 cm³/mol. The molecule has 0 aliphatic rings. The van der Waals surface area contributed by atoms with Gasteiger partial charge in [0.1, 0.15) is 0 Å². The standard InChI is InChI=1S/C40H47N3O4S.Li/c1-28-15-17-30(18-16-28)24-43(26-37(44)41-27-40(3,4)32-12-7-6-8-13-32)25-31-19-20-34(35(23-31)33-14-10-9-11-29(33)2)38(45)42-36(39(46)47)21-22-48-5;/h6-20,23,36H,21-22,24-27H2,1-5H3,(H,41,44)(H,42,45)(H,46,47);/q;+1/p-1. The summed E-state index contributed by atoms with van der Waals surface area (Å²) in [7, 11) is 0. The minimum atomic E-state index is -1.30. The second-order valence-corrected chi connectivity index (χ2v) is 14.0. The molecule has 0 spiro atoms. The third-order valence-corrected chi connectivity index (χ3v) is 9.19. The van der Waals surface area contributed by atoms with Crippen molar-refractivity contribution in [3.63, 3.8) is 0 Å². The molecule has 49 heavy (non-hydrogen) atoms. The topological polar surface area (TPSA) is 102 Å². The quantitative estimate of drug-likeness (QED) is 0.178. The van der Waals surface area contributed by atoms with Gasteiger partial charge in [-0.25, -0.2) is 0 Å². The van der Waals surface area contributed by atoms with Crippen LogP contribution in [0, 0.1) is 13.8 Å². The zero-order valence-electron chi connectivity index (χ0n) is 29.5. The first-order valence-electron chi connectivity index (χ1n) is 16.3. The third kappa shape index (κ3) is 11.6. The number of carboxylic acid groups (broad SMARTS) is 1. The molecule has 4 aromatic rings. The summed E-state index contributed by atoms with van der Waals surface area (Å²) in [4.78, 5) is 40.9. The van der Waals surface area contributed by atoms with Crippen LogP contribution in [-0.4, -0.2) is 53.8 Å². The summed E-state index contributed by atoms with van der Waals surface area (Å²) in [5.41, 5.74) is 7.05. The average molecular weight is 672 g/mol. The van der Waals surface area contributed by atoms with Crippen molar-refractivity contribution in [2.45, 2.75) is 58.7 Å². The van der Waals surface area contributed by atoms with Crippen LogP contribution in [0.3, 0.4) is 0 Å². The number of carbonyl (C=O) groups excluding carboxylic acids is 3. The van der Waals surface area contributed by atoms with Gasteiger partial charge in [-0.1, -0.05) is 104 Å². The van der Waals surface area contributed by atoms with Gasteiger partial charge in [-0.3, -0.25) is 14.5 Å². The molecule has 0 aromatic heterocycles. The summed E-state index contributed by atoms with van der Waals surface area (Å²) < 4.78 is 0. The van der Waals surface area contributed by atoms with Crippen molar-refractivity contribution >= 4 is 29.5 Å². The number of benzene rings is 4. The van der Waals surface area contributed by atoms with E-state index in [0.717, 1.165) is 33.4 Å². The van der Waals surface area contributed by atoms with Gasteiger partial charge in [0.05, 0.1) is 18.6 Å². The first-order valence-corrected chi connectivity index (χ1v) is 17.7. The van der Waals surface area contributed by atoms with Crippen LogP contribution in [-0.2, 0) is 28.1 Å².